The number of carbonyl (C=O) groups is 3. The lowest BCUT2D eigenvalue weighted by atomic mass is 9.96. The maximum absolute atomic E-state index is 13.9. The van der Waals surface area contributed by atoms with Crippen LogP contribution < -0.4 is 15.5 Å². The first-order chi connectivity index (χ1) is 12.9. The molecule has 2 saturated heterocycles. The van der Waals surface area contributed by atoms with Gasteiger partial charge in [-0.3, -0.25) is 14.5 Å². The SMILES string of the molecule is CC1(C2CC2)NC(=O)N(CC(=O)NC2CCN(c3ncccc3F)C2)C1=O. The van der Waals surface area contributed by atoms with Crippen LogP contribution in [-0.2, 0) is 9.59 Å². The molecular weight excluding hydrogens is 353 g/mol. The van der Waals surface area contributed by atoms with Crippen LogP contribution in [0.15, 0.2) is 18.3 Å². The Morgan fingerprint density at radius 3 is 2.89 bits per heavy atom. The molecule has 144 valence electrons. The third-order valence-electron chi connectivity index (χ3n) is 5.59. The van der Waals surface area contributed by atoms with Crippen LogP contribution in [0.2, 0.25) is 0 Å². The van der Waals surface area contributed by atoms with Crippen LogP contribution in [-0.4, -0.2) is 58.9 Å². The highest BCUT2D eigenvalue weighted by atomic mass is 19.1. The van der Waals surface area contributed by atoms with Crippen molar-refractivity contribution in [3.63, 3.8) is 0 Å². The Morgan fingerprint density at radius 1 is 1.41 bits per heavy atom. The van der Waals surface area contributed by atoms with E-state index in [2.05, 4.69) is 15.6 Å². The third-order valence-corrected chi connectivity index (χ3v) is 5.59. The van der Waals surface area contributed by atoms with Crippen LogP contribution in [0.1, 0.15) is 26.2 Å². The fourth-order valence-electron chi connectivity index (χ4n) is 3.89. The van der Waals surface area contributed by atoms with Gasteiger partial charge in [0.15, 0.2) is 11.6 Å². The number of hydrogen-bond donors (Lipinski definition) is 2. The van der Waals surface area contributed by atoms with Gasteiger partial charge in [0.25, 0.3) is 5.91 Å². The molecule has 8 nitrogen and oxygen atoms in total. The van der Waals surface area contributed by atoms with Crippen molar-refractivity contribution in [2.75, 3.05) is 24.5 Å². The maximum atomic E-state index is 13.9. The van der Waals surface area contributed by atoms with Gasteiger partial charge in [-0.15, -0.1) is 0 Å². The summed E-state index contributed by atoms with van der Waals surface area (Å²) in [7, 11) is 0. The van der Waals surface area contributed by atoms with Crippen LogP contribution in [0, 0.1) is 11.7 Å². The minimum absolute atomic E-state index is 0.152. The maximum Gasteiger partial charge on any atom is 0.325 e. The minimum Gasteiger partial charge on any atom is -0.352 e. The van der Waals surface area contributed by atoms with Crippen molar-refractivity contribution >= 4 is 23.7 Å². The molecule has 2 atom stereocenters. The summed E-state index contributed by atoms with van der Waals surface area (Å²) in [6.45, 7) is 2.42. The van der Waals surface area contributed by atoms with Crippen molar-refractivity contribution in [2.24, 2.45) is 5.92 Å². The molecule has 0 aromatic carbocycles. The number of pyridine rings is 1. The van der Waals surface area contributed by atoms with Gasteiger partial charge in [0.2, 0.25) is 5.91 Å². The van der Waals surface area contributed by atoms with Crippen molar-refractivity contribution in [3.8, 4) is 0 Å². The fraction of sp³-hybridized carbons (Fsp3) is 0.556. The molecule has 4 amide bonds. The molecule has 3 heterocycles. The second kappa shape index (κ2) is 6.47. The molecule has 1 saturated carbocycles. The number of urea groups is 1. The van der Waals surface area contributed by atoms with Gasteiger partial charge in [-0.2, -0.15) is 0 Å². The normalized spacial score (nSPS) is 27.9. The van der Waals surface area contributed by atoms with Crippen LogP contribution >= 0.6 is 0 Å². The number of rotatable bonds is 5. The number of hydrogen-bond acceptors (Lipinski definition) is 5. The first kappa shape index (κ1) is 17.7. The number of nitrogens with one attached hydrogen (secondary N) is 2. The molecule has 2 unspecified atom stereocenters. The molecular formula is C18H22FN5O3. The zero-order valence-electron chi connectivity index (χ0n) is 15.1. The van der Waals surface area contributed by atoms with Crippen LogP contribution in [0.25, 0.3) is 0 Å². The van der Waals surface area contributed by atoms with Gasteiger partial charge in [-0.25, -0.2) is 14.2 Å². The van der Waals surface area contributed by atoms with E-state index in [0.29, 0.717) is 19.5 Å². The molecule has 3 aliphatic rings. The highest BCUT2D eigenvalue weighted by molar-refractivity contribution is 6.09. The van der Waals surface area contributed by atoms with E-state index in [1.54, 1.807) is 11.8 Å². The standard InChI is InChI=1S/C18H22FN5O3/c1-18(11-4-5-11)16(26)24(17(27)22-18)10-14(25)21-12-6-8-23(9-12)15-13(19)3-2-7-20-15/h2-3,7,11-12H,4-6,8-10H2,1H3,(H,21,25)(H,22,27). The largest absolute Gasteiger partial charge is 0.352 e. The highest BCUT2D eigenvalue weighted by Gasteiger charge is 2.56. The lowest BCUT2D eigenvalue weighted by molar-refractivity contribution is -0.135. The summed E-state index contributed by atoms with van der Waals surface area (Å²) in [5, 5.41) is 5.56. The van der Waals surface area contributed by atoms with Crippen molar-refractivity contribution in [1.82, 2.24) is 20.5 Å². The third kappa shape index (κ3) is 3.22. The number of aromatic nitrogens is 1. The molecule has 0 bridgehead atoms. The van der Waals surface area contributed by atoms with Gasteiger partial charge in [0.1, 0.15) is 12.1 Å². The summed E-state index contributed by atoms with van der Waals surface area (Å²) < 4.78 is 13.9. The Balaban J connectivity index is 1.33. The smallest absolute Gasteiger partial charge is 0.325 e. The lowest BCUT2D eigenvalue weighted by Gasteiger charge is -2.21. The molecule has 1 aromatic rings. The summed E-state index contributed by atoms with van der Waals surface area (Å²) in [6.07, 6.45) is 3.98. The van der Waals surface area contributed by atoms with Crippen molar-refractivity contribution in [2.45, 2.75) is 37.8 Å². The lowest BCUT2D eigenvalue weighted by Crippen LogP contribution is -2.48. The van der Waals surface area contributed by atoms with E-state index in [0.717, 1.165) is 17.7 Å². The molecule has 1 aliphatic carbocycles. The van der Waals surface area contributed by atoms with Crippen molar-refractivity contribution in [3.05, 3.63) is 24.1 Å². The summed E-state index contributed by atoms with van der Waals surface area (Å²) in [4.78, 5) is 43.9. The van der Waals surface area contributed by atoms with E-state index < -0.39 is 23.3 Å². The predicted octanol–water partition coefficient (Wildman–Crippen LogP) is 0.636. The molecule has 3 fully saturated rings. The molecule has 0 radical (unpaired) electrons. The summed E-state index contributed by atoms with van der Waals surface area (Å²) in [6, 6.07) is 2.17. The van der Waals surface area contributed by atoms with Crippen LogP contribution in [0.5, 0.6) is 0 Å². The van der Waals surface area contributed by atoms with E-state index in [-0.39, 0.29) is 30.2 Å². The first-order valence-electron chi connectivity index (χ1n) is 9.17. The van der Waals surface area contributed by atoms with Gasteiger partial charge >= 0.3 is 6.03 Å². The van der Waals surface area contributed by atoms with Gasteiger partial charge < -0.3 is 15.5 Å². The van der Waals surface area contributed by atoms with Crippen LogP contribution in [0.3, 0.4) is 0 Å². The Morgan fingerprint density at radius 2 is 2.19 bits per heavy atom. The van der Waals surface area contributed by atoms with E-state index in [9.17, 15) is 18.8 Å². The Kier molecular flexibility index (Phi) is 4.24. The topological polar surface area (TPSA) is 94.6 Å². The summed E-state index contributed by atoms with van der Waals surface area (Å²) in [5.74, 6) is -0.717. The second-order valence-electron chi connectivity index (χ2n) is 7.61. The number of nitrogens with zero attached hydrogens (tertiary/aromatic N) is 3. The average Bonchev–Trinajstić information content (AvgIpc) is 3.36. The summed E-state index contributed by atoms with van der Waals surface area (Å²) >= 11 is 0. The van der Waals surface area contributed by atoms with Crippen molar-refractivity contribution < 1.29 is 18.8 Å². The quantitative estimate of drug-likeness (QED) is 0.737. The number of halogens is 1. The molecule has 4 rings (SSSR count). The Hall–Kier alpha value is -2.71. The number of amides is 4. The highest BCUT2D eigenvalue weighted by Crippen LogP contribution is 2.42. The van der Waals surface area contributed by atoms with Crippen molar-refractivity contribution in [1.29, 1.82) is 0 Å². The Bertz CT molecular complexity index is 799. The average molecular weight is 375 g/mol. The van der Waals surface area contributed by atoms with E-state index >= 15 is 0 Å². The number of anilines is 1. The Labute approximate surface area is 156 Å². The predicted molar refractivity (Wildman–Crippen MR) is 94.3 cm³/mol. The molecule has 0 spiro atoms. The minimum atomic E-state index is -0.891. The van der Waals surface area contributed by atoms with Gasteiger partial charge in [0.05, 0.1) is 0 Å². The van der Waals surface area contributed by atoms with Crippen LogP contribution in [0.4, 0.5) is 15.0 Å². The van der Waals surface area contributed by atoms with Gasteiger partial charge in [0, 0.05) is 25.3 Å². The van der Waals surface area contributed by atoms with E-state index in [4.69, 9.17) is 0 Å². The first-order valence-corrected chi connectivity index (χ1v) is 9.17. The van der Waals surface area contributed by atoms with E-state index in [1.807, 2.05) is 0 Å². The molecule has 1 aromatic heterocycles. The molecule has 2 aliphatic heterocycles. The second-order valence-corrected chi connectivity index (χ2v) is 7.61. The van der Waals surface area contributed by atoms with Gasteiger partial charge in [-0.05, 0) is 44.2 Å². The fourth-order valence-corrected chi connectivity index (χ4v) is 3.89. The monoisotopic (exact) mass is 375 g/mol. The zero-order chi connectivity index (χ0) is 19.2. The van der Waals surface area contributed by atoms with Gasteiger partial charge in [-0.1, -0.05) is 0 Å². The molecule has 9 heteroatoms. The summed E-state index contributed by atoms with van der Waals surface area (Å²) in [5.41, 5.74) is -0.891. The molecule has 27 heavy (non-hydrogen) atoms. The van der Waals surface area contributed by atoms with E-state index in [1.165, 1.54) is 18.3 Å². The molecule has 2 N–H and O–H groups in total. The number of carbonyl (C=O) groups excluding carboxylic acids is 3. The number of imide groups is 1. The zero-order valence-corrected chi connectivity index (χ0v) is 15.1.